The molecule has 0 atom stereocenters. The van der Waals surface area contributed by atoms with E-state index in [4.69, 9.17) is 5.21 Å². The number of nitrogens with one attached hydrogen (secondary N) is 1. The van der Waals surface area contributed by atoms with Crippen LogP contribution in [-0.2, 0) is 0 Å². The second-order valence-electron chi connectivity index (χ2n) is 3.85. The Morgan fingerprint density at radius 3 is 2.47 bits per heavy atom. The van der Waals surface area contributed by atoms with Crippen LogP contribution < -0.4 is 11.2 Å². The number of rotatable bonds is 1. The Morgan fingerprint density at radius 2 is 1.95 bits per heavy atom. The first kappa shape index (κ1) is 12.7. The van der Waals surface area contributed by atoms with Crippen molar-refractivity contribution in [2.24, 2.45) is 5.16 Å². The van der Waals surface area contributed by atoms with Gasteiger partial charge in [-0.2, -0.15) is 0 Å². The Hall–Kier alpha value is -2.70. The lowest BCUT2D eigenvalue weighted by atomic mass is 10.2. The van der Waals surface area contributed by atoms with Crippen molar-refractivity contribution in [3.05, 3.63) is 68.2 Å². The van der Waals surface area contributed by atoms with E-state index in [1.807, 2.05) is 0 Å². The first-order valence-corrected chi connectivity index (χ1v) is 5.34. The average Bonchev–Trinajstić information content (AvgIpc) is 2.35. The Morgan fingerprint density at radius 1 is 1.32 bits per heavy atom. The summed E-state index contributed by atoms with van der Waals surface area (Å²) in [6, 6.07) is 6.26. The maximum Gasteiger partial charge on any atom is 0.334 e. The fourth-order valence-electron chi connectivity index (χ4n) is 1.71. The van der Waals surface area contributed by atoms with Crippen LogP contribution in [0, 0.1) is 12.7 Å². The molecule has 1 heterocycles. The van der Waals surface area contributed by atoms with Crippen LogP contribution in [0.4, 0.5) is 4.39 Å². The van der Waals surface area contributed by atoms with E-state index < -0.39 is 17.1 Å². The molecule has 0 fully saturated rings. The van der Waals surface area contributed by atoms with Gasteiger partial charge in [0.2, 0.25) is 0 Å². The summed E-state index contributed by atoms with van der Waals surface area (Å²) in [4.78, 5) is 24.9. The fourth-order valence-corrected chi connectivity index (χ4v) is 1.71. The van der Waals surface area contributed by atoms with E-state index in [9.17, 15) is 14.0 Å². The van der Waals surface area contributed by atoms with Crippen LogP contribution in [-0.4, -0.2) is 20.6 Å². The summed E-state index contributed by atoms with van der Waals surface area (Å²) in [5, 5.41) is 12.1. The molecule has 2 N–H and O–H groups in total. The predicted molar refractivity (Wildman–Crippen MR) is 66.2 cm³/mol. The topological polar surface area (TPSA) is 87.5 Å². The largest absolute Gasteiger partial charge is 0.409 e. The number of halogens is 1. The first-order chi connectivity index (χ1) is 9.02. The number of aryl methyl sites for hydroxylation is 1. The number of H-pyrrole nitrogens is 1. The number of benzene rings is 1. The summed E-state index contributed by atoms with van der Waals surface area (Å²) in [6.45, 7) is 1.52. The molecular weight excluding hydrogens is 253 g/mol. The molecule has 1 aromatic carbocycles. The van der Waals surface area contributed by atoms with Gasteiger partial charge in [-0.05, 0) is 31.2 Å². The minimum atomic E-state index is -0.734. The lowest BCUT2D eigenvalue weighted by Gasteiger charge is -2.10. The van der Waals surface area contributed by atoms with Gasteiger partial charge in [0.1, 0.15) is 5.82 Å². The minimum absolute atomic E-state index is 0.0984. The van der Waals surface area contributed by atoms with E-state index in [0.717, 1.165) is 4.57 Å². The van der Waals surface area contributed by atoms with Crippen molar-refractivity contribution in [2.75, 3.05) is 0 Å². The number of oxime groups is 1. The molecule has 0 amide bonds. The highest BCUT2D eigenvalue weighted by molar-refractivity contribution is 6.00. The first-order valence-electron chi connectivity index (χ1n) is 5.34. The zero-order chi connectivity index (χ0) is 14.0. The van der Waals surface area contributed by atoms with Gasteiger partial charge < -0.3 is 5.21 Å². The molecule has 0 aliphatic carbocycles. The lowest BCUT2D eigenvalue weighted by molar-refractivity contribution is 0.317. The van der Waals surface area contributed by atoms with Crippen molar-refractivity contribution in [3.8, 4) is 0 Å². The summed E-state index contributed by atoms with van der Waals surface area (Å²) in [7, 11) is 0. The van der Waals surface area contributed by atoms with Crippen molar-refractivity contribution < 1.29 is 9.60 Å². The number of hydrogen-bond acceptors (Lipinski definition) is 4. The van der Waals surface area contributed by atoms with Crippen LogP contribution in [0.1, 0.15) is 11.3 Å². The van der Waals surface area contributed by atoms with Crippen LogP contribution in [0.5, 0.6) is 0 Å². The highest BCUT2D eigenvalue weighted by atomic mass is 19.1. The molecule has 6 nitrogen and oxygen atoms in total. The van der Waals surface area contributed by atoms with Crippen molar-refractivity contribution in [3.63, 3.8) is 0 Å². The maximum absolute atomic E-state index is 12.8. The van der Waals surface area contributed by atoms with Crippen molar-refractivity contribution in [2.45, 2.75) is 6.92 Å². The molecule has 2 rings (SSSR count). The highest BCUT2D eigenvalue weighted by Gasteiger charge is 2.12. The van der Waals surface area contributed by atoms with Crippen LogP contribution in [0.15, 0.2) is 45.1 Å². The fraction of sp³-hybridized carbons (Fsp3) is 0.0833. The molecule has 19 heavy (non-hydrogen) atoms. The third-order valence-corrected chi connectivity index (χ3v) is 2.53. The zero-order valence-electron chi connectivity index (χ0n) is 9.92. The van der Waals surface area contributed by atoms with Gasteiger partial charge in [-0.25, -0.2) is 13.8 Å². The number of hydrogen-bond donors (Lipinski definition) is 2. The van der Waals surface area contributed by atoms with E-state index in [-0.39, 0.29) is 5.84 Å². The minimum Gasteiger partial charge on any atom is -0.409 e. The van der Waals surface area contributed by atoms with Gasteiger partial charge in [0.15, 0.2) is 5.84 Å². The molecule has 0 radical (unpaired) electrons. The van der Waals surface area contributed by atoms with E-state index >= 15 is 0 Å². The van der Waals surface area contributed by atoms with Gasteiger partial charge in [0, 0.05) is 17.3 Å². The number of aromatic amines is 1. The normalized spacial score (nSPS) is 11.6. The average molecular weight is 263 g/mol. The van der Waals surface area contributed by atoms with E-state index in [1.54, 1.807) is 0 Å². The molecule has 0 unspecified atom stereocenters. The molecule has 1 aromatic heterocycles. The third-order valence-electron chi connectivity index (χ3n) is 2.53. The van der Waals surface area contributed by atoms with Gasteiger partial charge in [-0.1, -0.05) is 5.16 Å². The predicted octanol–water partition coefficient (Wildman–Crippen LogP) is 0.668. The van der Waals surface area contributed by atoms with Crippen LogP contribution in [0.2, 0.25) is 0 Å². The lowest BCUT2D eigenvalue weighted by Crippen LogP contribution is -2.36. The highest BCUT2D eigenvalue weighted by Crippen LogP contribution is 2.06. The third kappa shape index (κ3) is 2.44. The summed E-state index contributed by atoms with van der Waals surface area (Å²) in [5.74, 6) is -0.551. The Balaban J connectivity index is 2.65. The number of aromatic nitrogens is 2. The molecule has 0 saturated heterocycles. The number of nitrogens with zero attached hydrogens (tertiary/aromatic N) is 2. The molecular formula is C12H10FN3O3. The smallest absolute Gasteiger partial charge is 0.334 e. The maximum atomic E-state index is 12.8. The van der Waals surface area contributed by atoms with Crippen LogP contribution in [0.25, 0.3) is 0 Å². The molecule has 2 aromatic rings. The van der Waals surface area contributed by atoms with Gasteiger partial charge in [-0.3, -0.25) is 9.78 Å². The van der Waals surface area contributed by atoms with E-state index in [2.05, 4.69) is 10.1 Å². The Kier molecular flexibility index (Phi) is 3.28. The Bertz CT molecular complexity index is 744. The molecule has 7 heteroatoms. The SMILES string of the molecule is Cc1cc(=O)[nH]c(=O)n1/C(=N\O)c1ccc(F)cc1. The van der Waals surface area contributed by atoms with Crippen molar-refractivity contribution in [1.29, 1.82) is 0 Å². The second-order valence-corrected chi connectivity index (χ2v) is 3.85. The quantitative estimate of drug-likeness (QED) is 0.343. The molecule has 0 spiro atoms. The summed E-state index contributed by atoms with van der Waals surface area (Å²) in [6.07, 6.45) is 0. The summed E-state index contributed by atoms with van der Waals surface area (Å²) >= 11 is 0. The summed E-state index contributed by atoms with van der Waals surface area (Å²) < 4.78 is 13.9. The second kappa shape index (κ2) is 4.89. The zero-order valence-corrected chi connectivity index (χ0v) is 9.92. The summed E-state index contributed by atoms with van der Waals surface area (Å²) in [5.41, 5.74) is -0.649. The molecule has 0 aliphatic heterocycles. The van der Waals surface area contributed by atoms with Gasteiger partial charge in [0.25, 0.3) is 5.56 Å². The van der Waals surface area contributed by atoms with Crippen LogP contribution in [0.3, 0.4) is 0 Å². The molecule has 0 aliphatic rings. The van der Waals surface area contributed by atoms with Crippen molar-refractivity contribution >= 4 is 5.84 Å². The van der Waals surface area contributed by atoms with Gasteiger partial charge in [-0.15, -0.1) is 0 Å². The molecule has 0 saturated carbocycles. The van der Waals surface area contributed by atoms with E-state index in [1.165, 1.54) is 37.3 Å². The van der Waals surface area contributed by atoms with E-state index in [0.29, 0.717) is 11.3 Å². The standard InChI is InChI=1S/C12H10FN3O3/c1-7-6-10(17)14-12(18)16(7)11(15-19)8-2-4-9(13)5-3-8/h2-6,19H,1H3,(H,14,17,18)/b15-11-. The van der Waals surface area contributed by atoms with Crippen molar-refractivity contribution in [1.82, 2.24) is 9.55 Å². The van der Waals surface area contributed by atoms with Gasteiger partial charge in [0.05, 0.1) is 0 Å². The van der Waals surface area contributed by atoms with Gasteiger partial charge >= 0.3 is 5.69 Å². The molecule has 98 valence electrons. The Labute approximate surface area is 106 Å². The molecule has 0 bridgehead atoms. The van der Waals surface area contributed by atoms with Crippen LogP contribution >= 0.6 is 0 Å². The monoisotopic (exact) mass is 263 g/mol.